The molecule has 1 aliphatic rings. The highest BCUT2D eigenvalue weighted by molar-refractivity contribution is 5.80. The fourth-order valence-electron chi connectivity index (χ4n) is 3.20. The van der Waals surface area contributed by atoms with Crippen molar-refractivity contribution in [1.29, 1.82) is 0 Å². The molecule has 2 N–H and O–H groups in total. The van der Waals surface area contributed by atoms with Crippen LogP contribution in [0, 0.1) is 11.7 Å². The van der Waals surface area contributed by atoms with Crippen LogP contribution < -0.4 is 10.6 Å². The Morgan fingerprint density at radius 1 is 1.38 bits per heavy atom. The van der Waals surface area contributed by atoms with E-state index in [1.165, 1.54) is 6.07 Å². The maximum atomic E-state index is 13.3. The summed E-state index contributed by atoms with van der Waals surface area (Å²) in [5, 5.41) is 5.77. The third-order valence-corrected chi connectivity index (χ3v) is 4.84. The van der Waals surface area contributed by atoms with Gasteiger partial charge >= 0.3 is 0 Å². The average molecular weight is 363 g/mol. The van der Waals surface area contributed by atoms with Gasteiger partial charge in [-0.05, 0) is 50.4 Å². The molecule has 1 aromatic carbocycles. The van der Waals surface area contributed by atoms with Crippen LogP contribution in [0.25, 0.3) is 0 Å². The number of carbonyl (C=O) groups excluding carboxylic acids is 2. The highest BCUT2D eigenvalue weighted by Gasteiger charge is 2.25. The number of nitrogens with zero attached hydrogens (tertiary/aromatic N) is 1. The van der Waals surface area contributed by atoms with Gasteiger partial charge in [0.05, 0.1) is 5.92 Å². The Hall–Kier alpha value is -1.95. The summed E-state index contributed by atoms with van der Waals surface area (Å²) in [7, 11) is 0. The third-order valence-electron chi connectivity index (χ3n) is 4.84. The van der Waals surface area contributed by atoms with Crippen molar-refractivity contribution in [2.24, 2.45) is 5.92 Å². The van der Waals surface area contributed by atoms with E-state index < -0.39 is 0 Å². The molecule has 0 aliphatic carbocycles. The number of hydrogen-bond acceptors (Lipinski definition) is 3. The highest BCUT2D eigenvalue weighted by Crippen LogP contribution is 2.19. The topological polar surface area (TPSA) is 61.4 Å². The Morgan fingerprint density at radius 3 is 2.92 bits per heavy atom. The number of halogens is 1. The number of likely N-dealkylation sites (tertiary alicyclic amines) is 1. The van der Waals surface area contributed by atoms with E-state index in [2.05, 4.69) is 15.5 Å². The molecular formula is C20H30FN3O2. The normalized spacial score (nSPS) is 19.0. The lowest BCUT2D eigenvalue weighted by atomic mass is 9.96. The Labute approximate surface area is 155 Å². The summed E-state index contributed by atoms with van der Waals surface area (Å²) >= 11 is 0. The molecule has 2 rings (SSSR count). The number of rotatable bonds is 8. The number of nitrogens with one attached hydrogen (secondary N) is 2. The third kappa shape index (κ3) is 6.75. The minimum absolute atomic E-state index is 0.00489. The first-order valence-corrected chi connectivity index (χ1v) is 9.51. The van der Waals surface area contributed by atoms with Crippen LogP contribution in [0.15, 0.2) is 24.3 Å². The lowest BCUT2D eigenvalue weighted by Crippen LogP contribution is -2.43. The van der Waals surface area contributed by atoms with Gasteiger partial charge in [0.2, 0.25) is 11.8 Å². The van der Waals surface area contributed by atoms with Gasteiger partial charge in [-0.2, -0.15) is 0 Å². The van der Waals surface area contributed by atoms with Crippen molar-refractivity contribution in [1.82, 2.24) is 15.5 Å². The van der Waals surface area contributed by atoms with E-state index in [0.29, 0.717) is 26.1 Å². The maximum absolute atomic E-state index is 13.3. The number of amides is 2. The van der Waals surface area contributed by atoms with Crippen molar-refractivity contribution in [2.45, 2.75) is 52.1 Å². The van der Waals surface area contributed by atoms with E-state index in [9.17, 15) is 14.0 Å². The van der Waals surface area contributed by atoms with Gasteiger partial charge in [0.15, 0.2) is 0 Å². The molecule has 2 atom stereocenters. The number of hydrogen-bond donors (Lipinski definition) is 2. The van der Waals surface area contributed by atoms with E-state index >= 15 is 0 Å². The molecule has 1 aromatic rings. The molecular weight excluding hydrogens is 333 g/mol. The number of piperidine rings is 1. The highest BCUT2D eigenvalue weighted by atomic mass is 19.1. The summed E-state index contributed by atoms with van der Waals surface area (Å²) in [5.41, 5.74) is 0.924. The van der Waals surface area contributed by atoms with Crippen molar-refractivity contribution in [3.63, 3.8) is 0 Å². The summed E-state index contributed by atoms with van der Waals surface area (Å²) in [4.78, 5) is 26.3. The van der Waals surface area contributed by atoms with Crippen LogP contribution in [-0.4, -0.2) is 42.4 Å². The van der Waals surface area contributed by atoms with Gasteiger partial charge in [0, 0.05) is 32.1 Å². The Morgan fingerprint density at radius 2 is 2.19 bits per heavy atom. The Kier molecular flexibility index (Phi) is 8.04. The largest absolute Gasteiger partial charge is 0.355 e. The predicted octanol–water partition coefficient (Wildman–Crippen LogP) is 2.46. The molecule has 0 bridgehead atoms. The van der Waals surface area contributed by atoms with Gasteiger partial charge in [0.1, 0.15) is 5.82 Å². The molecule has 5 nitrogen and oxygen atoms in total. The second-order valence-electron chi connectivity index (χ2n) is 7.12. The lowest BCUT2D eigenvalue weighted by molar-refractivity contribution is -0.127. The molecule has 6 heteroatoms. The SMILES string of the molecule is CCC(C)NC(=O)CCNC(=O)C1CCCN(Cc2cccc(F)c2)C1. The zero-order valence-corrected chi connectivity index (χ0v) is 15.8. The first-order chi connectivity index (χ1) is 12.5. The van der Waals surface area contributed by atoms with Crippen molar-refractivity contribution in [2.75, 3.05) is 19.6 Å². The van der Waals surface area contributed by atoms with Gasteiger partial charge in [-0.3, -0.25) is 14.5 Å². The lowest BCUT2D eigenvalue weighted by Gasteiger charge is -2.32. The number of carbonyl (C=O) groups is 2. The minimum Gasteiger partial charge on any atom is -0.355 e. The van der Waals surface area contributed by atoms with Crippen molar-refractivity contribution >= 4 is 11.8 Å². The first-order valence-electron chi connectivity index (χ1n) is 9.51. The molecule has 0 saturated carbocycles. The van der Waals surface area contributed by atoms with Crippen molar-refractivity contribution in [3.05, 3.63) is 35.6 Å². The fourth-order valence-corrected chi connectivity index (χ4v) is 3.20. The summed E-state index contributed by atoms with van der Waals surface area (Å²) in [5.74, 6) is -0.333. The summed E-state index contributed by atoms with van der Waals surface area (Å²) < 4.78 is 13.3. The molecule has 1 saturated heterocycles. The van der Waals surface area contributed by atoms with Crippen LogP contribution in [0.4, 0.5) is 4.39 Å². The maximum Gasteiger partial charge on any atom is 0.224 e. The van der Waals surface area contributed by atoms with E-state index in [4.69, 9.17) is 0 Å². The molecule has 2 unspecified atom stereocenters. The zero-order chi connectivity index (χ0) is 18.9. The van der Waals surface area contributed by atoms with Crippen molar-refractivity contribution in [3.8, 4) is 0 Å². The number of benzene rings is 1. The molecule has 0 aromatic heterocycles. The fraction of sp³-hybridized carbons (Fsp3) is 0.600. The minimum atomic E-state index is -0.232. The Bertz CT molecular complexity index is 608. The second kappa shape index (κ2) is 10.3. The van der Waals surface area contributed by atoms with E-state index in [0.717, 1.165) is 31.4 Å². The summed E-state index contributed by atoms with van der Waals surface area (Å²) in [6, 6.07) is 6.76. The standard InChI is InChI=1S/C20H30FN3O2/c1-3-15(2)23-19(25)9-10-22-20(26)17-7-5-11-24(14-17)13-16-6-4-8-18(21)12-16/h4,6,8,12,15,17H,3,5,7,9-11,13-14H2,1-2H3,(H,22,26)(H,23,25). The van der Waals surface area contributed by atoms with Gasteiger partial charge in [-0.1, -0.05) is 19.1 Å². The van der Waals surface area contributed by atoms with Crippen LogP contribution in [0.3, 0.4) is 0 Å². The first kappa shape index (κ1) is 20.4. The van der Waals surface area contributed by atoms with E-state index in [-0.39, 0.29) is 29.6 Å². The molecule has 2 amide bonds. The second-order valence-corrected chi connectivity index (χ2v) is 7.12. The van der Waals surface area contributed by atoms with Gasteiger partial charge in [-0.25, -0.2) is 4.39 Å². The quantitative estimate of drug-likeness (QED) is 0.746. The van der Waals surface area contributed by atoms with Crippen LogP contribution in [0.1, 0.15) is 45.1 Å². The molecule has 1 heterocycles. The molecule has 26 heavy (non-hydrogen) atoms. The van der Waals surface area contributed by atoms with Crippen molar-refractivity contribution < 1.29 is 14.0 Å². The smallest absolute Gasteiger partial charge is 0.224 e. The van der Waals surface area contributed by atoms with Gasteiger partial charge in [0.25, 0.3) is 0 Å². The summed E-state index contributed by atoms with van der Waals surface area (Å²) in [6.45, 7) is 6.58. The Balaban J connectivity index is 1.74. The monoisotopic (exact) mass is 363 g/mol. The molecule has 0 radical (unpaired) electrons. The van der Waals surface area contributed by atoms with Crippen LogP contribution in [0.2, 0.25) is 0 Å². The van der Waals surface area contributed by atoms with Crippen LogP contribution in [-0.2, 0) is 16.1 Å². The zero-order valence-electron chi connectivity index (χ0n) is 15.8. The van der Waals surface area contributed by atoms with Crippen LogP contribution in [0.5, 0.6) is 0 Å². The average Bonchev–Trinajstić information content (AvgIpc) is 2.61. The predicted molar refractivity (Wildman–Crippen MR) is 99.9 cm³/mol. The van der Waals surface area contributed by atoms with E-state index in [1.807, 2.05) is 19.9 Å². The van der Waals surface area contributed by atoms with Gasteiger partial charge in [-0.15, -0.1) is 0 Å². The van der Waals surface area contributed by atoms with Gasteiger partial charge < -0.3 is 10.6 Å². The van der Waals surface area contributed by atoms with E-state index in [1.54, 1.807) is 12.1 Å². The molecule has 1 aliphatic heterocycles. The molecule has 1 fully saturated rings. The summed E-state index contributed by atoms with van der Waals surface area (Å²) in [6.07, 6.45) is 2.99. The van der Waals surface area contributed by atoms with Crippen LogP contribution >= 0.6 is 0 Å². The molecule has 144 valence electrons. The molecule has 0 spiro atoms.